The van der Waals surface area contributed by atoms with Gasteiger partial charge in [-0.05, 0) is 43.7 Å². The fourth-order valence-corrected chi connectivity index (χ4v) is 4.03. The molecule has 0 saturated carbocycles. The van der Waals surface area contributed by atoms with Crippen molar-refractivity contribution in [3.05, 3.63) is 63.6 Å². The fraction of sp³-hybridized carbons (Fsp3) is 0.263. The molecular formula is C19H18Cl2N2OS. The van der Waals surface area contributed by atoms with E-state index in [-0.39, 0.29) is 12.3 Å². The Bertz CT molecular complexity index is 806. The van der Waals surface area contributed by atoms with Crippen LogP contribution in [-0.4, -0.2) is 29.8 Å². The van der Waals surface area contributed by atoms with Crippen molar-refractivity contribution in [3.8, 4) is 0 Å². The molecule has 3 nitrogen and oxygen atoms in total. The third-order valence-electron chi connectivity index (χ3n) is 3.89. The number of halogens is 2. The molecule has 0 unspecified atom stereocenters. The van der Waals surface area contributed by atoms with E-state index >= 15 is 0 Å². The van der Waals surface area contributed by atoms with Crippen LogP contribution < -0.4 is 4.90 Å². The average Bonchev–Trinajstić information content (AvgIpc) is 2.61. The second kappa shape index (κ2) is 8.26. The van der Waals surface area contributed by atoms with Crippen molar-refractivity contribution in [2.45, 2.75) is 13.3 Å². The summed E-state index contributed by atoms with van der Waals surface area (Å²) in [5.74, 6) is 0.952. The maximum Gasteiger partial charge on any atom is 0.184 e. The quantitative estimate of drug-likeness (QED) is 0.645. The average molecular weight is 393 g/mol. The summed E-state index contributed by atoms with van der Waals surface area (Å²) in [6.45, 7) is 3.02. The SMILES string of the molecule is Cc1ccc(N(CC(=O)c2ccc(Cl)cc2Cl)C2=NCCCS2)cc1. The van der Waals surface area contributed by atoms with E-state index in [0.717, 1.165) is 29.6 Å². The lowest BCUT2D eigenvalue weighted by Gasteiger charge is -2.27. The zero-order valence-corrected chi connectivity index (χ0v) is 16.2. The smallest absolute Gasteiger partial charge is 0.184 e. The number of amidine groups is 1. The van der Waals surface area contributed by atoms with Gasteiger partial charge >= 0.3 is 0 Å². The number of aryl methyl sites for hydroxylation is 1. The van der Waals surface area contributed by atoms with E-state index in [9.17, 15) is 4.79 Å². The summed E-state index contributed by atoms with van der Waals surface area (Å²) >= 11 is 13.8. The van der Waals surface area contributed by atoms with Crippen LogP contribution in [0.1, 0.15) is 22.3 Å². The van der Waals surface area contributed by atoms with Crippen LogP contribution in [0.3, 0.4) is 0 Å². The van der Waals surface area contributed by atoms with Crippen LogP contribution in [0.25, 0.3) is 0 Å². The summed E-state index contributed by atoms with van der Waals surface area (Å²) in [7, 11) is 0. The molecule has 0 spiro atoms. The van der Waals surface area contributed by atoms with Gasteiger partial charge in [0, 0.05) is 28.6 Å². The van der Waals surface area contributed by atoms with Crippen LogP contribution in [0.2, 0.25) is 10.0 Å². The molecule has 0 saturated heterocycles. The first kappa shape index (κ1) is 18.3. The third kappa shape index (κ3) is 4.57. The second-order valence-corrected chi connectivity index (χ2v) is 7.74. The molecule has 130 valence electrons. The molecule has 6 heteroatoms. The summed E-state index contributed by atoms with van der Waals surface area (Å²) < 4.78 is 0. The molecule has 0 N–H and O–H groups in total. The molecule has 1 aliphatic rings. The number of rotatable bonds is 4. The summed E-state index contributed by atoms with van der Waals surface area (Å²) in [5, 5.41) is 1.78. The van der Waals surface area contributed by atoms with Crippen molar-refractivity contribution >= 4 is 51.6 Å². The minimum absolute atomic E-state index is 0.0592. The van der Waals surface area contributed by atoms with Crippen LogP contribution in [0.5, 0.6) is 0 Å². The Kier molecular flexibility index (Phi) is 6.05. The molecule has 0 fully saturated rings. The van der Waals surface area contributed by atoms with E-state index < -0.39 is 0 Å². The highest BCUT2D eigenvalue weighted by Gasteiger charge is 2.21. The highest BCUT2D eigenvalue weighted by atomic mass is 35.5. The Balaban J connectivity index is 1.90. The number of ketones is 1. The minimum atomic E-state index is -0.0592. The molecule has 0 amide bonds. The molecule has 0 bridgehead atoms. The largest absolute Gasteiger partial charge is 0.313 e. The van der Waals surface area contributed by atoms with Crippen molar-refractivity contribution in [3.63, 3.8) is 0 Å². The summed E-state index contributed by atoms with van der Waals surface area (Å²) in [6, 6.07) is 13.1. The van der Waals surface area contributed by atoms with Gasteiger partial charge in [0.1, 0.15) is 0 Å². The highest BCUT2D eigenvalue weighted by molar-refractivity contribution is 8.14. The maximum absolute atomic E-state index is 12.8. The molecule has 2 aromatic carbocycles. The lowest BCUT2D eigenvalue weighted by molar-refractivity contribution is 0.100. The molecule has 1 aliphatic heterocycles. The van der Waals surface area contributed by atoms with Gasteiger partial charge in [0.25, 0.3) is 0 Å². The standard InChI is InChI=1S/C19H18Cl2N2OS/c1-13-3-6-15(7-4-13)23(19-22-9-2-10-25-19)12-18(24)16-8-5-14(20)11-17(16)21/h3-8,11H,2,9-10,12H2,1H3. The van der Waals surface area contributed by atoms with Crippen LogP contribution in [0.4, 0.5) is 5.69 Å². The molecule has 3 rings (SSSR count). The van der Waals surface area contributed by atoms with Crippen molar-refractivity contribution in [1.82, 2.24) is 0 Å². The van der Waals surface area contributed by atoms with E-state index in [1.807, 2.05) is 36.1 Å². The number of anilines is 1. The van der Waals surface area contributed by atoms with Gasteiger partial charge in [0.05, 0.1) is 11.6 Å². The first-order chi connectivity index (χ1) is 12.0. The molecule has 0 aliphatic carbocycles. The van der Waals surface area contributed by atoms with Gasteiger partial charge in [-0.3, -0.25) is 9.79 Å². The Morgan fingerprint density at radius 1 is 1.20 bits per heavy atom. The third-order valence-corrected chi connectivity index (χ3v) is 5.54. The predicted octanol–water partition coefficient (Wildman–Crippen LogP) is 5.48. The van der Waals surface area contributed by atoms with Crippen molar-refractivity contribution in [2.24, 2.45) is 4.99 Å². The van der Waals surface area contributed by atoms with E-state index in [4.69, 9.17) is 23.2 Å². The van der Waals surface area contributed by atoms with Crippen molar-refractivity contribution < 1.29 is 4.79 Å². The number of carbonyl (C=O) groups is 1. The first-order valence-electron chi connectivity index (χ1n) is 8.04. The van der Waals surface area contributed by atoms with Crippen LogP contribution >= 0.6 is 35.0 Å². The lowest BCUT2D eigenvalue weighted by Crippen LogP contribution is -2.35. The van der Waals surface area contributed by atoms with Gasteiger partial charge in [-0.25, -0.2) is 0 Å². The van der Waals surface area contributed by atoms with Gasteiger partial charge in [0.2, 0.25) is 0 Å². The van der Waals surface area contributed by atoms with E-state index in [2.05, 4.69) is 4.99 Å². The zero-order chi connectivity index (χ0) is 17.8. The molecule has 2 aromatic rings. The summed E-state index contributed by atoms with van der Waals surface area (Å²) in [6.07, 6.45) is 1.06. The number of carbonyl (C=O) groups excluding carboxylic acids is 1. The van der Waals surface area contributed by atoms with E-state index in [1.54, 1.807) is 30.0 Å². The van der Waals surface area contributed by atoms with Crippen LogP contribution in [0.15, 0.2) is 47.5 Å². The molecule has 1 heterocycles. The minimum Gasteiger partial charge on any atom is -0.313 e. The van der Waals surface area contributed by atoms with E-state index in [1.165, 1.54) is 5.56 Å². The Hall–Kier alpha value is -1.49. The normalized spacial score (nSPS) is 14.1. The fourth-order valence-electron chi connectivity index (χ4n) is 2.55. The molecule has 0 radical (unpaired) electrons. The first-order valence-corrected chi connectivity index (χ1v) is 9.78. The monoisotopic (exact) mass is 392 g/mol. The number of thioether (sulfide) groups is 1. The van der Waals surface area contributed by atoms with Gasteiger partial charge in [-0.1, -0.05) is 52.7 Å². The lowest BCUT2D eigenvalue weighted by atomic mass is 10.1. The zero-order valence-electron chi connectivity index (χ0n) is 13.8. The van der Waals surface area contributed by atoms with E-state index in [0.29, 0.717) is 15.6 Å². The summed E-state index contributed by atoms with van der Waals surface area (Å²) in [5.41, 5.74) is 2.61. The van der Waals surface area contributed by atoms with Gasteiger partial charge in [-0.15, -0.1) is 0 Å². The predicted molar refractivity (Wildman–Crippen MR) is 109 cm³/mol. The van der Waals surface area contributed by atoms with Crippen molar-refractivity contribution in [2.75, 3.05) is 23.7 Å². The van der Waals surface area contributed by atoms with Crippen LogP contribution in [0, 0.1) is 6.92 Å². The highest BCUT2D eigenvalue weighted by Crippen LogP contribution is 2.26. The summed E-state index contributed by atoms with van der Waals surface area (Å²) in [4.78, 5) is 19.4. The number of aliphatic imine (C=N–C) groups is 1. The van der Waals surface area contributed by atoms with Gasteiger partial charge in [0.15, 0.2) is 11.0 Å². The number of benzene rings is 2. The number of nitrogens with zero attached hydrogens (tertiary/aromatic N) is 2. The van der Waals surface area contributed by atoms with Crippen LogP contribution in [-0.2, 0) is 0 Å². The Morgan fingerprint density at radius 3 is 2.60 bits per heavy atom. The van der Waals surface area contributed by atoms with Gasteiger partial charge < -0.3 is 4.90 Å². The molecule has 25 heavy (non-hydrogen) atoms. The maximum atomic E-state index is 12.8. The molecule has 0 aromatic heterocycles. The molecular weight excluding hydrogens is 375 g/mol. The Morgan fingerprint density at radius 2 is 1.96 bits per heavy atom. The number of hydrogen-bond donors (Lipinski definition) is 0. The number of hydrogen-bond acceptors (Lipinski definition) is 4. The topological polar surface area (TPSA) is 32.7 Å². The van der Waals surface area contributed by atoms with Gasteiger partial charge in [-0.2, -0.15) is 0 Å². The Labute approximate surface area is 162 Å². The number of Topliss-reactive ketones (excluding diaryl/α,β-unsaturated/α-hetero) is 1. The van der Waals surface area contributed by atoms with Crippen molar-refractivity contribution in [1.29, 1.82) is 0 Å². The second-order valence-electron chi connectivity index (χ2n) is 5.84. The molecule has 0 atom stereocenters.